The molecule has 0 radical (unpaired) electrons. The van der Waals surface area contributed by atoms with Crippen molar-refractivity contribution >= 4 is 17.4 Å². The summed E-state index contributed by atoms with van der Waals surface area (Å²) in [5.41, 5.74) is 6.79. The molecule has 0 saturated carbocycles. The van der Waals surface area contributed by atoms with Crippen molar-refractivity contribution in [3.8, 4) is 28.5 Å². The number of aryl methyl sites for hydroxylation is 4. The van der Waals surface area contributed by atoms with Gasteiger partial charge in [0.25, 0.3) is 0 Å². The van der Waals surface area contributed by atoms with Gasteiger partial charge in [-0.3, -0.25) is 4.57 Å². The van der Waals surface area contributed by atoms with E-state index in [0.717, 1.165) is 33.6 Å². The summed E-state index contributed by atoms with van der Waals surface area (Å²) in [5.74, 6) is 0.115. The van der Waals surface area contributed by atoms with Gasteiger partial charge in [0.2, 0.25) is 0 Å². The number of hydrogen-bond acceptors (Lipinski definition) is 5. The van der Waals surface area contributed by atoms with Crippen LogP contribution in [0.1, 0.15) is 41.8 Å². The van der Waals surface area contributed by atoms with Gasteiger partial charge in [-0.15, -0.1) is 29.6 Å². The van der Waals surface area contributed by atoms with Crippen molar-refractivity contribution in [1.29, 1.82) is 0 Å². The number of hydrogen-bond donors (Lipinski definition) is 1. The zero-order valence-electron chi connectivity index (χ0n) is 25.0. The Bertz CT molecular complexity index is 1860. The normalized spacial score (nSPS) is 12.4. The number of rotatable bonds is 6. The maximum Gasteiger partial charge on any atom is 0.573 e. The van der Waals surface area contributed by atoms with Crippen LogP contribution in [0.15, 0.2) is 77.4 Å². The van der Waals surface area contributed by atoms with Crippen molar-refractivity contribution in [3.05, 3.63) is 105 Å². The smallest absolute Gasteiger partial charge is 0.406 e. The minimum Gasteiger partial charge on any atom is -0.406 e. The third kappa shape index (κ3) is 6.75. The molecular formula is C32H31F3N6O2S. The highest BCUT2D eigenvalue weighted by atomic mass is 32.1. The second kappa shape index (κ2) is 11.8. The third-order valence-corrected chi connectivity index (χ3v) is 7.99. The van der Waals surface area contributed by atoms with Crippen LogP contribution in [0.3, 0.4) is 0 Å². The predicted octanol–water partition coefficient (Wildman–Crippen LogP) is 7.46. The number of carbonyl (C=O) groups is 1. The maximum atomic E-state index is 13.2. The Morgan fingerprint density at radius 1 is 0.955 bits per heavy atom. The van der Waals surface area contributed by atoms with Gasteiger partial charge in [-0.2, -0.15) is 4.99 Å². The lowest BCUT2D eigenvalue weighted by Gasteiger charge is -2.26. The Labute approximate surface area is 256 Å². The van der Waals surface area contributed by atoms with Gasteiger partial charge in [-0.25, -0.2) is 14.5 Å². The van der Waals surface area contributed by atoms with Crippen LogP contribution in [0.4, 0.5) is 18.0 Å². The van der Waals surface area contributed by atoms with Crippen LogP contribution >= 0.6 is 11.3 Å². The molecule has 3 aromatic carbocycles. The van der Waals surface area contributed by atoms with E-state index < -0.39 is 17.9 Å². The van der Waals surface area contributed by atoms with Crippen LogP contribution in [-0.2, 0) is 5.54 Å². The van der Waals surface area contributed by atoms with Gasteiger partial charge in [0.15, 0.2) is 10.6 Å². The quantitative estimate of drug-likeness (QED) is 0.214. The van der Waals surface area contributed by atoms with Gasteiger partial charge >= 0.3 is 12.4 Å². The molecule has 0 unspecified atom stereocenters. The van der Waals surface area contributed by atoms with Crippen LogP contribution in [0, 0.1) is 27.7 Å². The van der Waals surface area contributed by atoms with E-state index in [2.05, 4.69) is 58.0 Å². The number of ether oxygens (including phenoxy) is 1. The van der Waals surface area contributed by atoms with Gasteiger partial charge in [0.1, 0.15) is 12.1 Å². The lowest BCUT2D eigenvalue weighted by molar-refractivity contribution is -0.274. The number of halogens is 3. The number of alkyl halides is 3. The summed E-state index contributed by atoms with van der Waals surface area (Å²) < 4.78 is 44.7. The van der Waals surface area contributed by atoms with Crippen molar-refractivity contribution in [2.24, 2.45) is 4.99 Å². The summed E-state index contributed by atoms with van der Waals surface area (Å²) >= 11 is 1.41. The van der Waals surface area contributed by atoms with Crippen LogP contribution < -0.4 is 14.9 Å². The Morgan fingerprint density at radius 3 is 2.20 bits per heavy atom. The van der Waals surface area contributed by atoms with Crippen LogP contribution in [-0.4, -0.2) is 31.7 Å². The molecule has 44 heavy (non-hydrogen) atoms. The Morgan fingerprint density at radius 2 is 1.59 bits per heavy atom. The van der Waals surface area contributed by atoms with Crippen molar-refractivity contribution in [2.45, 2.75) is 53.4 Å². The lowest BCUT2D eigenvalue weighted by atomic mass is 9.93. The molecule has 1 N–H and O–H groups in total. The van der Waals surface area contributed by atoms with Crippen LogP contribution in [0.2, 0.25) is 0 Å². The lowest BCUT2D eigenvalue weighted by Crippen LogP contribution is -2.40. The molecule has 5 aromatic rings. The Hall–Kier alpha value is -4.71. The second-order valence-electron chi connectivity index (χ2n) is 11.0. The van der Waals surface area contributed by atoms with E-state index in [1.165, 1.54) is 52.2 Å². The number of nitrogens with zero attached hydrogens (tertiary/aromatic N) is 5. The number of urea groups is 1. The maximum absolute atomic E-state index is 13.2. The first kappa shape index (κ1) is 30.7. The minimum atomic E-state index is -4.76. The number of nitrogens with one attached hydrogen (secondary N) is 1. The predicted molar refractivity (Wildman–Crippen MR) is 163 cm³/mol. The van der Waals surface area contributed by atoms with E-state index in [1.54, 1.807) is 0 Å². The molecule has 2 heterocycles. The van der Waals surface area contributed by atoms with Crippen molar-refractivity contribution in [2.75, 3.05) is 0 Å². The van der Waals surface area contributed by atoms with Gasteiger partial charge in [-0.05, 0) is 82.5 Å². The topological polar surface area (TPSA) is 86.3 Å². The molecule has 0 bridgehead atoms. The van der Waals surface area contributed by atoms with Crippen molar-refractivity contribution in [1.82, 2.24) is 24.6 Å². The molecule has 0 aliphatic carbocycles. The highest BCUT2D eigenvalue weighted by Gasteiger charge is 2.31. The zero-order valence-corrected chi connectivity index (χ0v) is 25.8. The fourth-order valence-electron chi connectivity index (χ4n) is 5.08. The molecule has 0 atom stereocenters. The molecule has 2 aromatic heterocycles. The van der Waals surface area contributed by atoms with E-state index in [-0.39, 0.29) is 5.75 Å². The molecule has 0 saturated heterocycles. The van der Waals surface area contributed by atoms with E-state index in [1.807, 2.05) is 55.0 Å². The number of benzene rings is 3. The molecule has 0 aliphatic rings. The molecule has 0 fully saturated rings. The summed E-state index contributed by atoms with van der Waals surface area (Å²) in [4.78, 5) is 22.5. The van der Waals surface area contributed by atoms with Gasteiger partial charge in [0.05, 0.1) is 16.9 Å². The Kier molecular flexibility index (Phi) is 8.21. The number of aromatic nitrogens is 4. The zero-order chi connectivity index (χ0) is 31.8. The molecule has 12 heteroatoms. The molecule has 5 rings (SSSR count). The van der Waals surface area contributed by atoms with Gasteiger partial charge in [0, 0.05) is 16.6 Å². The summed E-state index contributed by atoms with van der Waals surface area (Å²) in [6.45, 7) is 12.0. The molecular weight excluding hydrogens is 589 g/mol. The SMILES string of the molecule is Cc1cc(C)c(-n2c(C)cs/c2=N\C(=O)NC(C)(C)c2ccc(-c3ncn(-c4ccc(OC(F)(F)F)cc4)n3)cc2)c(C)c1. The largest absolute Gasteiger partial charge is 0.573 e. The number of amides is 2. The average Bonchev–Trinajstić information content (AvgIpc) is 3.55. The van der Waals surface area contributed by atoms with E-state index in [0.29, 0.717) is 16.3 Å². The van der Waals surface area contributed by atoms with Gasteiger partial charge in [-0.1, -0.05) is 42.0 Å². The minimum absolute atomic E-state index is 0.319. The van der Waals surface area contributed by atoms with Crippen LogP contribution in [0.25, 0.3) is 22.8 Å². The summed E-state index contributed by atoms with van der Waals surface area (Å²) in [7, 11) is 0. The first-order chi connectivity index (χ1) is 20.7. The molecule has 228 valence electrons. The first-order valence-corrected chi connectivity index (χ1v) is 14.6. The monoisotopic (exact) mass is 620 g/mol. The first-order valence-electron chi connectivity index (χ1n) is 13.7. The van der Waals surface area contributed by atoms with Crippen molar-refractivity contribution < 1.29 is 22.7 Å². The van der Waals surface area contributed by atoms with Crippen molar-refractivity contribution in [3.63, 3.8) is 0 Å². The summed E-state index contributed by atoms with van der Waals surface area (Å²) in [5, 5.41) is 9.46. The van der Waals surface area contributed by atoms with Gasteiger partial charge < -0.3 is 10.1 Å². The highest BCUT2D eigenvalue weighted by molar-refractivity contribution is 7.07. The third-order valence-electron chi connectivity index (χ3n) is 7.05. The van der Waals surface area contributed by atoms with E-state index >= 15 is 0 Å². The molecule has 0 spiro atoms. The summed E-state index contributed by atoms with van der Waals surface area (Å²) in [6, 6.07) is 16.6. The number of carbonyl (C=O) groups excluding carboxylic acids is 1. The fourth-order valence-corrected chi connectivity index (χ4v) is 5.94. The molecule has 8 nitrogen and oxygen atoms in total. The summed E-state index contributed by atoms with van der Waals surface area (Å²) in [6.07, 6.45) is -3.28. The average molecular weight is 621 g/mol. The Balaban J connectivity index is 1.32. The van der Waals surface area contributed by atoms with Crippen LogP contribution in [0.5, 0.6) is 5.75 Å². The molecule has 2 amide bonds. The second-order valence-corrected chi connectivity index (χ2v) is 11.9. The number of thiazole rings is 1. The molecule has 0 aliphatic heterocycles. The van der Waals surface area contributed by atoms with E-state index in [9.17, 15) is 18.0 Å². The standard InChI is InChI=1S/C32H31F3N6O2S/c1-19-15-20(2)27(21(3)16-19)41-22(4)17-44-30(41)37-29(42)38-31(5,6)24-9-7-23(8-10-24)28-36-18-40(39-28)25-11-13-26(14-12-25)43-32(33,34)35/h7-18H,1-6H3,(H,38,42)/b37-30-. The fraction of sp³-hybridized carbons (Fsp3) is 0.250. The van der Waals surface area contributed by atoms with E-state index in [4.69, 9.17) is 0 Å². The highest BCUT2D eigenvalue weighted by Crippen LogP contribution is 2.26.